The molecule has 0 bridgehead atoms. The van der Waals surface area contributed by atoms with Crippen molar-refractivity contribution in [3.05, 3.63) is 45.9 Å². The second-order valence-corrected chi connectivity index (χ2v) is 10.5. The van der Waals surface area contributed by atoms with Crippen LogP contribution in [0.25, 0.3) is 0 Å². The topological polar surface area (TPSA) is 76.6 Å². The fourth-order valence-corrected chi connectivity index (χ4v) is 6.14. The van der Waals surface area contributed by atoms with Crippen LogP contribution in [0.3, 0.4) is 0 Å². The molecule has 1 aromatic carbocycles. The van der Waals surface area contributed by atoms with Crippen molar-refractivity contribution in [3.63, 3.8) is 0 Å². The molecule has 2 aliphatic rings. The molecule has 1 saturated heterocycles. The Morgan fingerprint density at radius 1 is 1.26 bits per heavy atom. The largest absolute Gasteiger partial charge is 0.497 e. The summed E-state index contributed by atoms with van der Waals surface area (Å²) in [6.07, 6.45) is 4.40. The molecule has 1 aromatic heterocycles. The van der Waals surface area contributed by atoms with E-state index in [4.69, 9.17) is 4.74 Å². The van der Waals surface area contributed by atoms with Crippen molar-refractivity contribution < 1.29 is 17.9 Å². The summed E-state index contributed by atoms with van der Waals surface area (Å²) < 4.78 is 29.1. The maximum Gasteiger partial charge on any atom is 0.266 e. The zero-order valence-corrected chi connectivity index (χ0v) is 16.8. The maximum absolute atomic E-state index is 13.2. The highest BCUT2D eigenvalue weighted by Gasteiger charge is 2.36. The molecule has 6 nitrogen and oxygen atoms in total. The first kappa shape index (κ1) is 18.4. The van der Waals surface area contributed by atoms with E-state index in [-0.39, 0.29) is 23.5 Å². The average Bonchev–Trinajstić information content (AvgIpc) is 3.28. The van der Waals surface area contributed by atoms with E-state index >= 15 is 0 Å². The Morgan fingerprint density at radius 2 is 2.00 bits per heavy atom. The Kier molecular flexibility index (Phi) is 4.94. The van der Waals surface area contributed by atoms with E-state index in [1.807, 2.05) is 24.3 Å². The van der Waals surface area contributed by atoms with Crippen molar-refractivity contribution in [1.82, 2.24) is 9.88 Å². The van der Waals surface area contributed by atoms with Gasteiger partial charge in [0.2, 0.25) is 0 Å². The number of aromatic nitrogens is 1. The molecule has 1 amide bonds. The normalized spacial score (nSPS) is 21.1. The minimum absolute atomic E-state index is 0.0309. The van der Waals surface area contributed by atoms with Gasteiger partial charge in [0.1, 0.15) is 10.6 Å². The lowest BCUT2D eigenvalue weighted by Gasteiger charge is -2.28. The number of carbonyl (C=O) groups excluding carboxylic acids is 1. The Bertz CT molecular complexity index is 933. The van der Waals surface area contributed by atoms with Crippen LogP contribution in [0.15, 0.2) is 30.5 Å². The summed E-state index contributed by atoms with van der Waals surface area (Å²) in [4.78, 5) is 19.9. The van der Waals surface area contributed by atoms with E-state index in [0.717, 1.165) is 29.2 Å². The number of rotatable bonds is 6. The van der Waals surface area contributed by atoms with Crippen molar-refractivity contribution >= 4 is 27.1 Å². The first-order valence-corrected chi connectivity index (χ1v) is 11.7. The third-order valence-corrected chi connectivity index (χ3v) is 7.98. The zero-order valence-electron chi connectivity index (χ0n) is 15.1. The van der Waals surface area contributed by atoms with Crippen molar-refractivity contribution in [2.24, 2.45) is 0 Å². The summed E-state index contributed by atoms with van der Waals surface area (Å²) in [5.41, 5.74) is 0.945. The third kappa shape index (κ3) is 4.16. The molecule has 1 saturated carbocycles. The number of nitrogens with zero attached hydrogens (tertiary/aromatic N) is 2. The number of methoxy groups -OCH3 is 1. The summed E-state index contributed by atoms with van der Waals surface area (Å²) in [7, 11) is -1.48. The van der Waals surface area contributed by atoms with Gasteiger partial charge in [0.15, 0.2) is 9.84 Å². The highest BCUT2D eigenvalue weighted by atomic mass is 32.2. The van der Waals surface area contributed by atoms with Gasteiger partial charge in [0.25, 0.3) is 5.91 Å². The molecule has 8 heteroatoms. The average molecular weight is 407 g/mol. The lowest BCUT2D eigenvalue weighted by molar-refractivity contribution is 0.0685. The quantitative estimate of drug-likeness (QED) is 0.737. The molecule has 1 aliphatic heterocycles. The van der Waals surface area contributed by atoms with E-state index < -0.39 is 9.84 Å². The molecule has 1 atom stereocenters. The molecule has 144 valence electrons. The fraction of sp³-hybridized carbons (Fsp3) is 0.474. The molecule has 0 radical (unpaired) electrons. The molecule has 1 aliphatic carbocycles. The van der Waals surface area contributed by atoms with Gasteiger partial charge in [0, 0.05) is 18.5 Å². The lowest BCUT2D eigenvalue weighted by atomic mass is 10.1. The van der Waals surface area contributed by atoms with Gasteiger partial charge in [-0.1, -0.05) is 12.1 Å². The molecule has 2 fully saturated rings. The van der Waals surface area contributed by atoms with Gasteiger partial charge >= 0.3 is 0 Å². The monoisotopic (exact) mass is 406 g/mol. The summed E-state index contributed by atoms with van der Waals surface area (Å²) in [6.45, 7) is 0.375. The second kappa shape index (κ2) is 7.24. The van der Waals surface area contributed by atoms with Gasteiger partial charge in [-0.05, 0) is 37.0 Å². The first-order chi connectivity index (χ1) is 12.9. The van der Waals surface area contributed by atoms with Gasteiger partial charge in [-0.15, -0.1) is 11.3 Å². The van der Waals surface area contributed by atoms with Crippen molar-refractivity contribution in [2.45, 2.75) is 37.8 Å². The highest BCUT2D eigenvalue weighted by Crippen LogP contribution is 2.42. The molecule has 27 heavy (non-hydrogen) atoms. The SMILES string of the molecule is COc1ccc(CN(C(=O)c2cnc(C3CC3)s2)C2CCS(=O)(=O)C2)cc1. The van der Waals surface area contributed by atoms with E-state index in [0.29, 0.717) is 23.8 Å². The summed E-state index contributed by atoms with van der Waals surface area (Å²) in [5, 5.41) is 1.02. The predicted molar refractivity (Wildman–Crippen MR) is 104 cm³/mol. The molecule has 1 unspecified atom stereocenters. The molecule has 0 spiro atoms. The van der Waals surface area contributed by atoms with Gasteiger partial charge in [-0.3, -0.25) is 4.79 Å². The number of ether oxygens (including phenoxy) is 1. The smallest absolute Gasteiger partial charge is 0.266 e. The molecule has 0 N–H and O–H groups in total. The molecular weight excluding hydrogens is 384 g/mol. The Morgan fingerprint density at radius 3 is 2.59 bits per heavy atom. The van der Waals surface area contributed by atoms with Crippen LogP contribution in [0.2, 0.25) is 0 Å². The molecule has 4 rings (SSSR count). The number of benzene rings is 1. The summed E-state index contributed by atoms with van der Waals surface area (Å²) >= 11 is 1.44. The number of thiazole rings is 1. The summed E-state index contributed by atoms with van der Waals surface area (Å²) in [5.74, 6) is 1.29. The van der Waals surface area contributed by atoms with Crippen LogP contribution in [-0.4, -0.2) is 48.9 Å². The van der Waals surface area contributed by atoms with Gasteiger partial charge in [-0.25, -0.2) is 13.4 Å². The van der Waals surface area contributed by atoms with E-state index in [2.05, 4.69) is 4.98 Å². The van der Waals surface area contributed by atoms with Crippen molar-refractivity contribution in [2.75, 3.05) is 18.6 Å². The van der Waals surface area contributed by atoms with Gasteiger partial charge in [-0.2, -0.15) is 0 Å². The van der Waals surface area contributed by atoms with Crippen LogP contribution < -0.4 is 4.74 Å². The number of sulfone groups is 1. The van der Waals surface area contributed by atoms with Crippen LogP contribution in [0.1, 0.15) is 45.4 Å². The van der Waals surface area contributed by atoms with Gasteiger partial charge in [0.05, 0.1) is 29.8 Å². The van der Waals surface area contributed by atoms with Crippen molar-refractivity contribution in [1.29, 1.82) is 0 Å². The number of amides is 1. The molecule has 2 heterocycles. The zero-order chi connectivity index (χ0) is 19.0. The minimum atomic E-state index is -3.08. The van der Waals surface area contributed by atoms with E-state index in [1.165, 1.54) is 11.3 Å². The van der Waals surface area contributed by atoms with Gasteiger partial charge < -0.3 is 9.64 Å². The van der Waals surface area contributed by atoms with Crippen LogP contribution in [0.4, 0.5) is 0 Å². The minimum Gasteiger partial charge on any atom is -0.497 e. The van der Waals surface area contributed by atoms with Crippen LogP contribution >= 0.6 is 11.3 Å². The Balaban J connectivity index is 1.58. The van der Waals surface area contributed by atoms with Crippen molar-refractivity contribution in [3.8, 4) is 5.75 Å². The maximum atomic E-state index is 13.2. The first-order valence-electron chi connectivity index (χ1n) is 9.05. The second-order valence-electron chi connectivity index (χ2n) is 7.18. The number of hydrogen-bond acceptors (Lipinski definition) is 6. The molecular formula is C19H22N2O4S2. The predicted octanol–water partition coefficient (Wildman–Crippen LogP) is 2.86. The molecule has 2 aromatic rings. The Hall–Kier alpha value is -1.93. The number of hydrogen-bond donors (Lipinski definition) is 0. The number of carbonyl (C=O) groups is 1. The standard InChI is InChI=1S/C19H22N2O4S2/c1-25-16-6-2-13(3-7-16)11-21(15-8-9-27(23,24)12-15)19(22)17-10-20-18(26-17)14-4-5-14/h2-3,6-7,10,14-15H,4-5,8-9,11-12H2,1H3. The van der Waals surface area contributed by atoms with E-state index in [1.54, 1.807) is 18.2 Å². The third-order valence-electron chi connectivity index (χ3n) is 5.08. The fourth-order valence-electron chi connectivity index (χ4n) is 3.36. The summed E-state index contributed by atoms with van der Waals surface area (Å²) in [6, 6.07) is 7.22. The van der Waals surface area contributed by atoms with Crippen LogP contribution in [-0.2, 0) is 16.4 Å². The van der Waals surface area contributed by atoms with Crippen LogP contribution in [0, 0.1) is 0 Å². The lowest BCUT2D eigenvalue weighted by Crippen LogP contribution is -2.40. The van der Waals surface area contributed by atoms with E-state index in [9.17, 15) is 13.2 Å². The highest BCUT2D eigenvalue weighted by molar-refractivity contribution is 7.91. The Labute approximate surface area is 163 Å². The van der Waals surface area contributed by atoms with Crippen LogP contribution in [0.5, 0.6) is 5.75 Å².